The molecule has 2 N–H and O–H groups in total. The van der Waals surface area contributed by atoms with Gasteiger partial charge in [0, 0.05) is 0 Å². The highest BCUT2D eigenvalue weighted by Gasteiger charge is 2.29. The van der Waals surface area contributed by atoms with Gasteiger partial charge < -0.3 is 10.4 Å². The lowest BCUT2D eigenvalue weighted by molar-refractivity contribution is -0.122. The van der Waals surface area contributed by atoms with Gasteiger partial charge in [-0.1, -0.05) is 12.8 Å². The fourth-order valence-corrected chi connectivity index (χ4v) is 3.51. The fourth-order valence-electron chi connectivity index (χ4n) is 2.34. The number of nitrogens with one attached hydrogen (secondary N) is 1. The van der Waals surface area contributed by atoms with Crippen molar-refractivity contribution in [2.75, 3.05) is 5.75 Å². The standard InChI is InChI=1S/C11H19NO2S/c13-9-5-2-1-4-8(9)12-11(14)10-6-3-7-15-10/h8-10,13H,1-7H2,(H,12,14)/t8-,9-,10?/m1/s1. The fraction of sp³-hybridized carbons (Fsp3) is 0.909. The first-order chi connectivity index (χ1) is 7.27. The lowest BCUT2D eigenvalue weighted by atomic mass is 9.92. The third-order valence-corrected chi connectivity index (χ3v) is 4.66. The Labute approximate surface area is 95.0 Å². The quantitative estimate of drug-likeness (QED) is 0.750. The monoisotopic (exact) mass is 229 g/mol. The van der Waals surface area contributed by atoms with Crippen LogP contribution in [0.1, 0.15) is 38.5 Å². The number of hydrogen-bond donors (Lipinski definition) is 2. The molecule has 86 valence electrons. The Balaban J connectivity index is 1.81. The Bertz CT molecular complexity index is 229. The minimum atomic E-state index is -0.325. The highest BCUT2D eigenvalue weighted by Crippen LogP contribution is 2.27. The van der Waals surface area contributed by atoms with Crippen LogP contribution in [0.3, 0.4) is 0 Å². The normalized spacial score (nSPS) is 36.5. The maximum absolute atomic E-state index is 11.8. The minimum absolute atomic E-state index is 0.00690. The number of carbonyl (C=O) groups is 1. The zero-order valence-corrected chi connectivity index (χ0v) is 9.76. The molecule has 3 atom stereocenters. The van der Waals surface area contributed by atoms with E-state index in [0.29, 0.717) is 0 Å². The summed E-state index contributed by atoms with van der Waals surface area (Å²) in [5.41, 5.74) is 0. The van der Waals surface area contributed by atoms with E-state index in [9.17, 15) is 9.90 Å². The van der Waals surface area contributed by atoms with Crippen LogP contribution in [0.15, 0.2) is 0 Å². The molecule has 3 nitrogen and oxygen atoms in total. The Morgan fingerprint density at radius 3 is 2.67 bits per heavy atom. The highest BCUT2D eigenvalue weighted by molar-refractivity contribution is 8.00. The van der Waals surface area contributed by atoms with E-state index >= 15 is 0 Å². The van der Waals surface area contributed by atoms with Gasteiger partial charge in [0.2, 0.25) is 5.91 Å². The average Bonchev–Trinajstić information content (AvgIpc) is 2.74. The molecule has 0 aromatic carbocycles. The van der Waals surface area contributed by atoms with E-state index in [-0.39, 0.29) is 23.3 Å². The van der Waals surface area contributed by atoms with Gasteiger partial charge in [-0.15, -0.1) is 11.8 Å². The molecule has 0 aromatic rings. The minimum Gasteiger partial charge on any atom is -0.391 e. The third kappa shape index (κ3) is 2.88. The Kier molecular flexibility index (Phi) is 3.92. The van der Waals surface area contributed by atoms with Crippen molar-refractivity contribution in [3.63, 3.8) is 0 Å². The van der Waals surface area contributed by atoms with E-state index in [1.165, 1.54) is 0 Å². The Hall–Kier alpha value is -0.220. The van der Waals surface area contributed by atoms with E-state index in [2.05, 4.69) is 5.32 Å². The van der Waals surface area contributed by atoms with Gasteiger partial charge in [0.1, 0.15) is 0 Å². The van der Waals surface area contributed by atoms with E-state index in [4.69, 9.17) is 0 Å². The van der Waals surface area contributed by atoms with E-state index in [0.717, 1.165) is 44.3 Å². The highest BCUT2D eigenvalue weighted by atomic mass is 32.2. The molecule has 0 radical (unpaired) electrons. The molecule has 1 aliphatic heterocycles. The lowest BCUT2D eigenvalue weighted by Gasteiger charge is -2.29. The maximum Gasteiger partial charge on any atom is 0.233 e. The molecule has 1 saturated carbocycles. The Morgan fingerprint density at radius 2 is 2.00 bits per heavy atom. The van der Waals surface area contributed by atoms with E-state index < -0.39 is 0 Å². The number of amides is 1. The summed E-state index contributed by atoms with van der Waals surface area (Å²) in [6.07, 6.45) is 5.81. The average molecular weight is 229 g/mol. The van der Waals surface area contributed by atoms with Crippen LogP contribution in [0.2, 0.25) is 0 Å². The second kappa shape index (κ2) is 5.21. The molecule has 2 aliphatic rings. The predicted octanol–water partition coefficient (Wildman–Crippen LogP) is 1.30. The molecule has 0 spiro atoms. The molecule has 0 aromatic heterocycles. The van der Waals surface area contributed by atoms with Crippen molar-refractivity contribution in [3.05, 3.63) is 0 Å². The number of thioether (sulfide) groups is 1. The van der Waals surface area contributed by atoms with Crippen LogP contribution in [-0.2, 0) is 4.79 Å². The summed E-state index contributed by atoms with van der Waals surface area (Å²) >= 11 is 1.75. The van der Waals surface area contributed by atoms with Crippen molar-refractivity contribution >= 4 is 17.7 Å². The molecule has 0 bridgehead atoms. The van der Waals surface area contributed by atoms with Gasteiger partial charge in [-0.25, -0.2) is 0 Å². The van der Waals surface area contributed by atoms with Crippen molar-refractivity contribution in [2.24, 2.45) is 0 Å². The van der Waals surface area contributed by atoms with Crippen LogP contribution in [0.4, 0.5) is 0 Å². The van der Waals surface area contributed by atoms with E-state index in [1.54, 1.807) is 11.8 Å². The SMILES string of the molecule is O=C(N[C@@H]1CCCC[C@H]1O)C1CCCS1. The zero-order chi connectivity index (χ0) is 10.7. The van der Waals surface area contributed by atoms with Gasteiger partial charge in [-0.3, -0.25) is 4.79 Å². The van der Waals surface area contributed by atoms with Crippen molar-refractivity contribution in [1.29, 1.82) is 0 Å². The van der Waals surface area contributed by atoms with Gasteiger partial charge in [0.25, 0.3) is 0 Å². The summed E-state index contributed by atoms with van der Waals surface area (Å²) in [6.45, 7) is 0. The van der Waals surface area contributed by atoms with Gasteiger partial charge in [0.05, 0.1) is 17.4 Å². The second-order valence-corrected chi connectivity index (χ2v) is 5.78. The molecule has 1 saturated heterocycles. The molecule has 1 amide bonds. The van der Waals surface area contributed by atoms with Crippen molar-refractivity contribution in [3.8, 4) is 0 Å². The van der Waals surface area contributed by atoms with Crippen LogP contribution < -0.4 is 5.32 Å². The van der Waals surface area contributed by atoms with Crippen molar-refractivity contribution in [1.82, 2.24) is 5.32 Å². The molecular formula is C11H19NO2S. The van der Waals surface area contributed by atoms with Gasteiger partial charge >= 0.3 is 0 Å². The van der Waals surface area contributed by atoms with Crippen LogP contribution >= 0.6 is 11.8 Å². The molecule has 2 fully saturated rings. The van der Waals surface area contributed by atoms with Crippen molar-refractivity contribution in [2.45, 2.75) is 55.9 Å². The molecule has 2 rings (SSSR count). The zero-order valence-electron chi connectivity index (χ0n) is 8.95. The summed E-state index contributed by atoms with van der Waals surface area (Å²) in [4.78, 5) is 11.8. The first-order valence-corrected chi connectivity index (χ1v) is 6.92. The molecule has 1 heterocycles. The van der Waals surface area contributed by atoms with Gasteiger partial charge in [-0.2, -0.15) is 0 Å². The largest absolute Gasteiger partial charge is 0.391 e. The summed E-state index contributed by atoms with van der Waals surface area (Å²) < 4.78 is 0. The summed E-state index contributed by atoms with van der Waals surface area (Å²) in [5.74, 6) is 1.24. The van der Waals surface area contributed by atoms with Crippen LogP contribution in [0.25, 0.3) is 0 Å². The summed E-state index contributed by atoms with van der Waals surface area (Å²) in [6, 6.07) is 0.00690. The predicted molar refractivity (Wildman–Crippen MR) is 61.9 cm³/mol. The summed E-state index contributed by atoms with van der Waals surface area (Å²) in [7, 11) is 0. The van der Waals surface area contributed by atoms with Crippen LogP contribution in [-0.4, -0.2) is 34.2 Å². The second-order valence-electron chi connectivity index (χ2n) is 4.47. The van der Waals surface area contributed by atoms with Crippen LogP contribution in [0, 0.1) is 0 Å². The van der Waals surface area contributed by atoms with E-state index in [1.807, 2.05) is 0 Å². The van der Waals surface area contributed by atoms with Gasteiger partial charge in [0.15, 0.2) is 0 Å². The summed E-state index contributed by atoms with van der Waals surface area (Å²) in [5, 5.41) is 12.9. The smallest absolute Gasteiger partial charge is 0.233 e. The number of aliphatic hydroxyl groups excluding tert-OH is 1. The third-order valence-electron chi connectivity index (χ3n) is 3.28. The molecule has 1 unspecified atom stereocenters. The number of hydrogen-bond acceptors (Lipinski definition) is 3. The molecule has 15 heavy (non-hydrogen) atoms. The Morgan fingerprint density at radius 1 is 1.20 bits per heavy atom. The maximum atomic E-state index is 11.8. The van der Waals surface area contributed by atoms with Crippen molar-refractivity contribution < 1.29 is 9.90 Å². The van der Waals surface area contributed by atoms with Crippen LogP contribution in [0.5, 0.6) is 0 Å². The topological polar surface area (TPSA) is 49.3 Å². The first-order valence-electron chi connectivity index (χ1n) is 5.87. The molecule has 4 heteroatoms. The molecular weight excluding hydrogens is 210 g/mol. The molecule has 1 aliphatic carbocycles. The lowest BCUT2D eigenvalue weighted by Crippen LogP contribution is -2.47. The first kappa shape index (κ1) is 11.3. The number of rotatable bonds is 2. The van der Waals surface area contributed by atoms with Gasteiger partial charge in [-0.05, 0) is 31.4 Å². The number of carbonyl (C=O) groups excluding carboxylic acids is 1. The number of aliphatic hydroxyl groups is 1.